The van der Waals surface area contributed by atoms with Gasteiger partial charge in [0.05, 0.1) is 0 Å². The second kappa shape index (κ2) is 5.54. The Bertz CT molecular complexity index is 482. The van der Waals surface area contributed by atoms with E-state index in [0.29, 0.717) is 10.3 Å². The van der Waals surface area contributed by atoms with Crippen LogP contribution in [0.1, 0.15) is 22.8 Å². The third-order valence-corrected chi connectivity index (χ3v) is 5.05. The average molecular weight is 316 g/mol. The van der Waals surface area contributed by atoms with Crippen LogP contribution in [-0.2, 0) is 12.8 Å². The van der Waals surface area contributed by atoms with Crippen LogP contribution >= 0.6 is 0 Å². The zero-order chi connectivity index (χ0) is 13.1. The van der Waals surface area contributed by atoms with Crippen LogP contribution in [0.15, 0.2) is 10.3 Å². The van der Waals surface area contributed by atoms with Crippen molar-refractivity contribution in [3.63, 3.8) is 0 Å². The molecule has 0 saturated heterocycles. The van der Waals surface area contributed by atoms with Gasteiger partial charge in [-0.25, -0.2) is 0 Å². The molecule has 1 aliphatic carbocycles. The number of fused-ring (bicyclic) bond motifs is 1. The number of carboxylic acid groups (broad SMARTS) is 1. The third-order valence-electron chi connectivity index (χ3n) is 2.62. The van der Waals surface area contributed by atoms with Gasteiger partial charge in [0.2, 0.25) is 0 Å². The fraction of sp³-hybridized carbons (Fsp3) is 0.545. The number of ether oxygens (including phenoxy) is 1. The number of nitrogens with zero attached hydrogens (tertiary/aromatic N) is 3. The van der Waals surface area contributed by atoms with Crippen LogP contribution in [0.4, 0.5) is 10.5 Å². The van der Waals surface area contributed by atoms with Gasteiger partial charge < -0.3 is 0 Å². The number of aryl methyl sites for hydroxylation is 1. The van der Waals surface area contributed by atoms with Crippen molar-refractivity contribution in [1.82, 2.24) is 5.01 Å². The monoisotopic (exact) mass is 317 g/mol. The molecule has 0 bridgehead atoms. The zero-order valence-electron chi connectivity index (χ0n) is 10.3. The minimum absolute atomic E-state index is 0.0468. The van der Waals surface area contributed by atoms with Crippen molar-refractivity contribution in [2.24, 2.45) is 10.3 Å². The summed E-state index contributed by atoms with van der Waals surface area (Å²) in [5, 5.41) is 18.4. The standard InChI is InChI=1S/C11H15N3O3Se/c1-14(2)13-12-9-7-5-3-4-6-8(7)18-10(9)17-11(15)16/h3-6H2,1-2H3,(H,15,16). The Kier molecular flexibility index (Phi) is 4.04. The van der Waals surface area contributed by atoms with Crippen LogP contribution in [0, 0.1) is 0 Å². The van der Waals surface area contributed by atoms with Crippen LogP contribution in [0.5, 0.6) is 4.62 Å². The predicted molar refractivity (Wildman–Crippen MR) is 66.9 cm³/mol. The van der Waals surface area contributed by atoms with Gasteiger partial charge in [0, 0.05) is 0 Å². The van der Waals surface area contributed by atoms with Gasteiger partial charge in [-0.1, -0.05) is 0 Å². The molecular weight excluding hydrogens is 301 g/mol. The topological polar surface area (TPSA) is 74.5 Å². The first-order chi connectivity index (χ1) is 8.58. The fourth-order valence-corrected chi connectivity index (χ4v) is 4.35. The molecule has 18 heavy (non-hydrogen) atoms. The molecule has 0 aliphatic heterocycles. The molecule has 1 aliphatic rings. The molecule has 0 saturated carbocycles. The van der Waals surface area contributed by atoms with E-state index in [-0.39, 0.29) is 14.5 Å². The molecule has 0 atom stereocenters. The van der Waals surface area contributed by atoms with Gasteiger partial charge in [0.1, 0.15) is 0 Å². The maximum absolute atomic E-state index is 10.7. The molecule has 0 spiro atoms. The van der Waals surface area contributed by atoms with E-state index in [4.69, 9.17) is 9.84 Å². The molecule has 1 aromatic heterocycles. The summed E-state index contributed by atoms with van der Waals surface area (Å²) in [4.78, 5) is 10.7. The molecule has 0 aromatic carbocycles. The molecule has 6 nitrogen and oxygen atoms in total. The summed E-state index contributed by atoms with van der Waals surface area (Å²) in [6.45, 7) is 0. The molecule has 98 valence electrons. The van der Waals surface area contributed by atoms with Gasteiger partial charge in [-0.3, -0.25) is 0 Å². The van der Waals surface area contributed by atoms with Crippen LogP contribution in [-0.4, -0.2) is 44.9 Å². The van der Waals surface area contributed by atoms with E-state index in [0.717, 1.165) is 24.8 Å². The molecule has 7 heteroatoms. The van der Waals surface area contributed by atoms with Crippen molar-refractivity contribution in [1.29, 1.82) is 0 Å². The fourth-order valence-electron chi connectivity index (χ4n) is 1.91. The summed E-state index contributed by atoms with van der Waals surface area (Å²) < 4.78 is 6.65. The Balaban J connectivity index is 2.38. The van der Waals surface area contributed by atoms with Crippen LogP contribution < -0.4 is 4.74 Å². The van der Waals surface area contributed by atoms with E-state index in [1.807, 2.05) is 0 Å². The Hall–Kier alpha value is -1.33. The Morgan fingerprint density at radius 1 is 1.39 bits per heavy atom. The van der Waals surface area contributed by atoms with Crippen LogP contribution in [0.2, 0.25) is 0 Å². The molecule has 1 N–H and O–H groups in total. The summed E-state index contributed by atoms with van der Waals surface area (Å²) in [6.07, 6.45) is 2.99. The second-order valence-electron chi connectivity index (χ2n) is 4.25. The molecule has 1 aromatic rings. The van der Waals surface area contributed by atoms with Crippen molar-refractivity contribution < 1.29 is 14.6 Å². The summed E-state index contributed by atoms with van der Waals surface area (Å²) >= 11 is -0.0468. The van der Waals surface area contributed by atoms with Crippen molar-refractivity contribution in [3.8, 4) is 4.62 Å². The molecular formula is C11H15N3O3Se. The first-order valence-corrected chi connectivity index (χ1v) is 7.43. The third kappa shape index (κ3) is 2.91. The number of hydrogen-bond acceptors (Lipinski definition) is 4. The van der Waals surface area contributed by atoms with Crippen LogP contribution in [0.3, 0.4) is 0 Å². The van der Waals surface area contributed by atoms with Crippen molar-refractivity contribution in [2.75, 3.05) is 14.1 Å². The summed E-state index contributed by atoms with van der Waals surface area (Å²) in [5.74, 6) is 0. The van der Waals surface area contributed by atoms with E-state index >= 15 is 0 Å². The van der Waals surface area contributed by atoms with E-state index in [1.54, 1.807) is 19.1 Å². The normalized spacial score (nSPS) is 14.6. The van der Waals surface area contributed by atoms with Crippen molar-refractivity contribution in [3.05, 3.63) is 10.0 Å². The van der Waals surface area contributed by atoms with Crippen molar-refractivity contribution >= 4 is 26.3 Å². The number of hydrogen-bond donors (Lipinski definition) is 1. The van der Waals surface area contributed by atoms with Gasteiger partial charge in [-0.05, 0) is 0 Å². The molecule has 1 heterocycles. The SMILES string of the molecule is CN(C)N=Nc1c(OC(=O)O)[se]c2c1CCCC2. The minimum atomic E-state index is -1.27. The van der Waals surface area contributed by atoms with Crippen molar-refractivity contribution in [2.45, 2.75) is 25.7 Å². The second-order valence-corrected chi connectivity index (χ2v) is 6.49. The predicted octanol–water partition coefficient (Wildman–Crippen LogP) is 2.24. The quantitative estimate of drug-likeness (QED) is 0.402. The van der Waals surface area contributed by atoms with Gasteiger partial charge in [0.25, 0.3) is 0 Å². The molecule has 0 amide bonds. The van der Waals surface area contributed by atoms with Crippen LogP contribution in [0.25, 0.3) is 0 Å². The van der Waals surface area contributed by atoms with Gasteiger partial charge in [-0.15, -0.1) is 0 Å². The number of rotatable bonds is 3. The maximum atomic E-state index is 10.7. The number of carbonyl (C=O) groups is 1. The molecule has 0 radical (unpaired) electrons. The molecule has 0 unspecified atom stereocenters. The van der Waals surface area contributed by atoms with Gasteiger partial charge in [-0.2, -0.15) is 0 Å². The Morgan fingerprint density at radius 2 is 2.11 bits per heavy atom. The van der Waals surface area contributed by atoms with E-state index in [9.17, 15) is 4.79 Å². The molecule has 0 fully saturated rings. The first kappa shape index (κ1) is 13.1. The average Bonchev–Trinajstić information content (AvgIpc) is 2.62. The van der Waals surface area contributed by atoms with Gasteiger partial charge in [0.15, 0.2) is 0 Å². The molecule has 2 rings (SSSR count). The van der Waals surface area contributed by atoms with E-state index < -0.39 is 6.16 Å². The summed E-state index contributed by atoms with van der Waals surface area (Å²) in [6, 6.07) is 0. The first-order valence-electron chi connectivity index (χ1n) is 5.72. The summed E-state index contributed by atoms with van der Waals surface area (Å²) in [7, 11) is 3.55. The Morgan fingerprint density at radius 3 is 2.78 bits per heavy atom. The van der Waals surface area contributed by atoms with E-state index in [2.05, 4.69) is 10.3 Å². The Labute approximate surface area is 111 Å². The summed E-state index contributed by atoms with van der Waals surface area (Å²) in [5.41, 5.74) is 1.80. The zero-order valence-corrected chi connectivity index (χ0v) is 12.1. The van der Waals surface area contributed by atoms with Gasteiger partial charge >= 0.3 is 111 Å². The van der Waals surface area contributed by atoms with E-state index in [1.165, 1.54) is 10.9 Å².